The second kappa shape index (κ2) is 8.37. The van der Waals surface area contributed by atoms with E-state index in [0.29, 0.717) is 30.1 Å². The molecular weight excluding hydrogens is 388 g/mol. The number of carbonyl (C=O) groups excluding carboxylic acids is 3. The number of esters is 1. The number of benzene rings is 1. The van der Waals surface area contributed by atoms with Crippen LogP contribution in [-0.2, 0) is 33.7 Å². The molecule has 1 N–H and O–H groups in total. The molecule has 1 aromatic heterocycles. The van der Waals surface area contributed by atoms with E-state index >= 15 is 0 Å². The number of hydrogen-bond donors (Lipinski definition) is 1. The minimum Gasteiger partial charge on any atom is -0.465 e. The minimum absolute atomic E-state index is 0.000393. The number of methoxy groups -OCH3 is 1. The molecule has 29 heavy (non-hydrogen) atoms. The van der Waals surface area contributed by atoms with Crippen molar-refractivity contribution in [2.45, 2.75) is 47.1 Å². The number of thiophene rings is 1. The smallest absolute Gasteiger partial charge is 0.341 e. The fraction of sp³-hybridized carbons (Fsp3) is 0.409. The number of ether oxygens (including phenoxy) is 1. The van der Waals surface area contributed by atoms with Crippen LogP contribution in [0.25, 0.3) is 0 Å². The van der Waals surface area contributed by atoms with E-state index in [1.165, 1.54) is 25.4 Å². The monoisotopic (exact) mass is 414 g/mol. The SMILES string of the molecule is COC(=O)c1c(NC(=O)Cc2c(C)cc(C)cc2C)sc2c1CCN(C(C)=O)C2. The number of nitrogens with one attached hydrogen (secondary N) is 1. The predicted octanol–water partition coefficient (Wildman–Crippen LogP) is 3.55. The van der Waals surface area contributed by atoms with Crippen LogP contribution >= 0.6 is 11.3 Å². The van der Waals surface area contributed by atoms with E-state index in [-0.39, 0.29) is 18.2 Å². The number of carbonyl (C=O) groups is 3. The number of rotatable bonds is 4. The van der Waals surface area contributed by atoms with Crippen molar-refractivity contribution in [2.24, 2.45) is 0 Å². The maximum absolute atomic E-state index is 12.8. The van der Waals surface area contributed by atoms with Crippen LogP contribution in [0.5, 0.6) is 0 Å². The van der Waals surface area contributed by atoms with Gasteiger partial charge in [-0.25, -0.2) is 4.79 Å². The lowest BCUT2D eigenvalue weighted by Crippen LogP contribution is -2.33. The van der Waals surface area contributed by atoms with Gasteiger partial charge in [0.1, 0.15) is 5.00 Å². The van der Waals surface area contributed by atoms with Crippen molar-refractivity contribution in [3.8, 4) is 0 Å². The molecule has 1 aromatic carbocycles. The van der Waals surface area contributed by atoms with Crippen LogP contribution in [0.3, 0.4) is 0 Å². The van der Waals surface area contributed by atoms with Gasteiger partial charge in [-0.3, -0.25) is 9.59 Å². The molecular formula is C22H26N2O4S. The van der Waals surface area contributed by atoms with E-state index in [1.54, 1.807) is 4.90 Å². The van der Waals surface area contributed by atoms with E-state index in [1.807, 2.05) is 20.8 Å². The van der Waals surface area contributed by atoms with Crippen molar-refractivity contribution < 1.29 is 19.1 Å². The van der Waals surface area contributed by atoms with E-state index in [0.717, 1.165) is 32.7 Å². The highest BCUT2D eigenvalue weighted by molar-refractivity contribution is 7.17. The second-order valence-electron chi connectivity index (χ2n) is 7.49. The van der Waals surface area contributed by atoms with Crippen LogP contribution in [0.1, 0.15) is 50.0 Å². The molecule has 1 aliphatic rings. The van der Waals surface area contributed by atoms with E-state index in [9.17, 15) is 14.4 Å². The number of aryl methyl sites for hydroxylation is 3. The third kappa shape index (κ3) is 4.34. The van der Waals surface area contributed by atoms with Crippen molar-refractivity contribution in [1.82, 2.24) is 4.90 Å². The first-order valence-corrected chi connectivity index (χ1v) is 10.4. The van der Waals surface area contributed by atoms with Gasteiger partial charge in [0.25, 0.3) is 0 Å². The third-order valence-electron chi connectivity index (χ3n) is 5.32. The molecule has 2 amide bonds. The number of fused-ring (bicyclic) bond motifs is 1. The summed E-state index contributed by atoms with van der Waals surface area (Å²) in [5, 5.41) is 3.42. The summed E-state index contributed by atoms with van der Waals surface area (Å²) in [6.07, 6.45) is 0.808. The topological polar surface area (TPSA) is 75.7 Å². The zero-order valence-corrected chi connectivity index (χ0v) is 18.3. The molecule has 0 radical (unpaired) electrons. The molecule has 0 saturated carbocycles. The lowest BCUT2D eigenvalue weighted by Gasteiger charge is -2.25. The second-order valence-corrected chi connectivity index (χ2v) is 8.60. The van der Waals surface area contributed by atoms with Gasteiger partial charge in [-0.1, -0.05) is 17.7 Å². The fourth-order valence-electron chi connectivity index (χ4n) is 3.90. The van der Waals surface area contributed by atoms with Gasteiger partial charge in [0, 0.05) is 18.3 Å². The van der Waals surface area contributed by atoms with Crippen molar-refractivity contribution in [3.63, 3.8) is 0 Å². The van der Waals surface area contributed by atoms with Crippen LogP contribution in [0.15, 0.2) is 12.1 Å². The molecule has 3 rings (SSSR count). The van der Waals surface area contributed by atoms with Crippen LogP contribution in [0, 0.1) is 20.8 Å². The summed E-state index contributed by atoms with van der Waals surface area (Å²) in [5.74, 6) is -0.636. The highest BCUT2D eigenvalue weighted by Gasteiger charge is 2.30. The predicted molar refractivity (Wildman–Crippen MR) is 113 cm³/mol. The van der Waals surface area contributed by atoms with Crippen molar-refractivity contribution in [1.29, 1.82) is 0 Å². The normalized spacial score (nSPS) is 13.1. The highest BCUT2D eigenvalue weighted by Crippen LogP contribution is 2.37. The molecule has 1 aliphatic heterocycles. The minimum atomic E-state index is -0.461. The first-order valence-electron chi connectivity index (χ1n) is 9.56. The molecule has 7 heteroatoms. The Kier molecular flexibility index (Phi) is 6.07. The lowest BCUT2D eigenvalue weighted by molar-refractivity contribution is -0.129. The average Bonchev–Trinajstić information content (AvgIpc) is 3.00. The van der Waals surface area contributed by atoms with Crippen molar-refractivity contribution in [3.05, 3.63) is 50.4 Å². The first-order chi connectivity index (χ1) is 13.7. The Hall–Kier alpha value is -2.67. The molecule has 0 unspecified atom stereocenters. The molecule has 0 bridgehead atoms. The fourth-order valence-corrected chi connectivity index (χ4v) is 5.17. The number of anilines is 1. The van der Waals surface area contributed by atoms with Crippen molar-refractivity contribution >= 4 is 34.1 Å². The number of nitrogens with zero attached hydrogens (tertiary/aromatic N) is 1. The summed E-state index contributed by atoms with van der Waals surface area (Å²) >= 11 is 1.35. The molecule has 6 nitrogen and oxygen atoms in total. The number of hydrogen-bond acceptors (Lipinski definition) is 5. The van der Waals surface area contributed by atoms with Crippen LogP contribution < -0.4 is 5.32 Å². The standard InChI is InChI=1S/C22H26N2O4S/c1-12-8-13(2)17(14(3)9-12)10-19(26)23-21-20(22(27)28-5)16-6-7-24(15(4)25)11-18(16)29-21/h8-9H,6-7,10-11H2,1-5H3,(H,23,26). The van der Waals surface area contributed by atoms with Crippen LogP contribution in [0.4, 0.5) is 5.00 Å². The molecule has 0 atom stereocenters. The Morgan fingerprint density at radius 1 is 1.17 bits per heavy atom. The summed E-state index contributed by atoms with van der Waals surface area (Å²) in [6, 6.07) is 4.13. The Balaban J connectivity index is 1.88. The Morgan fingerprint density at radius 2 is 1.83 bits per heavy atom. The average molecular weight is 415 g/mol. The zero-order chi connectivity index (χ0) is 21.3. The van der Waals surface area contributed by atoms with Gasteiger partial charge in [0.05, 0.1) is 25.6 Å². The van der Waals surface area contributed by atoms with Gasteiger partial charge in [-0.05, 0) is 49.4 Å². The first kappa shape index (κ1) is 21.0. The van der Waals surface area contributed by atoms with Gasteiger partial charge in [0.15, 0.2) is 0 Å². The molecule has 0 fully saturated rings. The number of amides is 2. The summed E-state index contributed by atoms with van der Waals surface area (Å²) in [7, 11) is 1.34. The molecule has 154 valence electrons. The molecule has 2 heterocycles. The van der Waals surface area contributed by atoms with E-state index in [2.05, 4.69) is 17.4 Å². The van der Waals surface area contributed by atoms with Gasteiger partial charge in [-0.15, -0.1) is 11.3 Å². The van der Waals surface area contributed by atoms with Gasteiger partial charge < -0.3 is 15.0 Å². The zero-order valence-electron chi connectivity index (χ0n) is 17.5. The Bertz CT molecular complexity index is 970. The molecule has 2 aromatic rings. The lowest BCUT2D eigenvalue weighted by atomic mass is 9.97. The quantitative estimate of drug-likeness (QED) is 0.777. The summed E-state index contributed by atoms with van der Waals surface area (Å²) in [5.41, 5.74) is 5.61. The Labute approximate surface area is 174 Å². The molecule has 0 saturated heterocycles. The van der Waals surface area contributed by atoms with Gasteiger partial charge in [0.2, 0.25) is 11.8 Å². The highest BCUT2D eigenvalue weighted by atomic mass is 32.1. The third-order valence-corrected chi connectivity index (χ3v) is 6.45. The van der Waals surface area contributed by atoms with E-state index in [4.69, 9.17) is 4.74 Å². The van der Waals surface area contributed by atoms with Gasteiger partial charge in [-0.2, -0.15) is 0 Å². The maximum Gasteiger partial charge on any atom is 0.341 e. The van der Waals surface area contributed by atoms with Gasteiger partial charge >= 0.3 is 5.97 Å². The Morgan fingerprint density at radius 3 is 2.41 bits per heavy atom. The van der Waals surface area contributed by atoms with Crippen LogP contribution in [0.2, 0.25) is 0 Å². The molecule has 0 spiro atoms. The van der Waals surface area contributed by atoms with Crippen LogP contribution in [-0.4, -0.2) is 36.3 Å². The molecule has 0 aliphatic carbocycles. The largest absolute Gasteiger partial charge is 0.465 e. The summed E-state index contributed by atoms with van der Waals surface area (Å²) < 4.78 is 4.96. The van der Waals surface area contributed by atoms with E-state index < -0.39 is 5.97 Å². The summed E-state index contributed by atoms with van der Waals surface area (Å²) in [6.45, 7) is 8.58. The van der Waals surface area contributed by atoms with Crippen molar-refractivity contribution in [2.75, 3.05) is 19.0 Å². The maximum atomic E-state index is 12.8. The summed E-state index contributed by atoms with van der Waals surface area (Å²) in [4.78, 5) is 39.6.